The van der Waals surface area contributed by atoms with Gasteiger partial charge in [0.25, 0.3) is 0 Å². The molecule has 1 amide bonds. The van der Waals surface area contributed by atoms with E-state index in [0.29, 0.717) is 12.2 Å². The number of hydrogen-bond acceptors (Lipinski definition) is 3. The molecule has 1 rings (SSSR count). The highest BCUT2D eigenvalue weighted by molar-refractivity contribution is 8.00. The molecule has 1 aromatic rings. The standard InChI is InChI=1S/C13H17NO2S/c1-3-4-12(16)9-17-13-7-5-11(6-8-13)14-10(2)15/h5-8H,3-4,9H2,1-2H3,(H,14,15). The van der Waals surface area contributed by atoms with Gasteiger partial charge >= 0.3 is 0 Å². The Morgan fingerprint density at radius 1 is 1.24 bits per heavy atom. The number of hydrogen-bond donors (Lipinski definition) is 1. The summed E-state index contributed by atoms with van der Waals surface area (Å²) in [6.45, 7) is 3.48. The van der Waals surface area contributed by atoms with E-state index in [9.17, 15) is 9.59 Å². The number of anilines is 1. The molecular formula is C13H17NO2S. The van der Waals surface area contributed by atoms with Crippen LogP contribution < -0.4 is 5.32 Å². The topological polar surface area (TPSA) is 46.2 Å². The number of carbonyl (C=O) groups excluding carboxylic acids is 2. The number of rotatable bonds is 6. The van der Waals surface area contributed by atoms with E-state index in [2.05, 4.69) is 5.32 Å². The van der Waals surface area contributed by atoms with E-state index in [1.807, 2.05) is 31.2 Å². The Balaban J connectivity index is 2.45. The first-order valence-corrected chi connectivity index (χ1v) is 6.62. The Kier molecular flexibility index (Phi) is 5.77. The summed E-state index contributed by atoms with van der Waals surface area (Å²) in [5.74, 6) is 0.722. The van der Waals surface area contributed by atoms with Crippen molar-refractivity contribution in [1.29, 1.82) is 0 Å². The minimum absolute atomic E-state index is 0.0801. The molecule has 0 aliphatic carbocycles. The molecule has 0 radical (unpaired) electrons. The third-order valence-electron chi connectivity index (χ3n) is 2.10. The van der Waals surface area contributed by atoms with Crippen molar-refractivity contribution in [3.63, 3.8) is 0 Å². The third-order valence-corrected chi connectivity index (χ3v) is 3.18. The van der Waals surface area contributed by atoms with E-state index in [0.717, 1.165) is 17.0 Å². The maximum atomic E-state index is 11.4. The highest BCUT2D eigenvalue weighted by Gasteiger charge is 2.02. The molecule has 3 nitrogen and oxygen atoms in total. The molecule has 1 N–H and O–H groups in total. The minimum Gasteiger partial charge on any atom is -0.326 e. The predicted molar refractivity (Wildman–Crippen MR) is 71.4 cm³/mol. The summed E-state index contributed by atoms with van der Waals surface area (Å²) < 4.78 is 0. The highest BCUT2D eigenvalue weighted by atomic mass is 32.2. The Hall–Kier alpha value is -1.29. The second-order valence-corrected chi connectivity index (χ2v) is 4.83. The van der Waals surface area contributed by atoms with E-state index in [4.69, 9.17) is 0 Å². The zero-order valence-electron chi connectivity index (χ0n) is 10.2. The van der Waals surface area contributed by atoms with Crippen molar-refractivity contribution in [3.8, 4) is 0 Å². The number of nitrogens with one attached hydrogen (secondary N) is 1. The minimum atomic E-state index is -0.0801. The molecule has 0 aliphatic heterocycles. The van der Waals surface area contributed by atoms with Crippen LogP contribution in [0.25, 0.3) is 0 Å². The summed E-state index contributed by atoms with van der Waals surface area (Å²) in [5.41, 5.74) is 0.779. The van der Waals surface area contributed by atoms with Crippen LogP contribution in [0.3, 0.4) is 0 Å². The molecule has 0 aliphatic rings. The Morgan fingerprint density at radius 3 is 2.41 bits per heavy atom. The lowest BCUT2D eigenvalue weighted by molar-refractivity contribution is -0.116. The summed E-state index contributed by atoms with van der Waals surface area (Å²) in [7, 11) is 0. The molecule has 0 aromatic heterocycles. The summed E-state index contributed by atoms with van der Waals surface area (Å²) in [6.07, 6.45) is 1.55. The van der Waals surface area contributed by atoms with Gasteiger partial charge in [-0.3, -0.25) is 9.59 Å². The zero-order valence-corrected chi connectivity index (χ0v) is 11.0. The molecule has 0 saturated heterocycles. The molecule has 0 atom stereocenters. The molecule has 1 aromatic carbocycles. The lowest BCUT2D eigenvalue weighted by Gasteiger charge is -2.04. The monoisotopic (exact) mass is 251 g/mol. The van der Waals surface area contributed by atoms with E-state index in [1.165, 1.54) is 18.7 Å². The smallest absolute Gasteiger partial charge is 0.221 e. The van der Waals surface area contributed by atoms with E-state index in [-0.39, 0.29) is 11.7 Å². The second-order valence-electron chi connectivity index (χ2n) is 3.78. The van der Waals surface area contributed by atoms with Crippen LogP contribution in [0.4, 0.5) is 5.69 Å². The van der Waals surface area contributed by atoms with Gasteiger partial charge in [-0.2, -0.15) is 0 Å². The molecule has 0 unspecified atom stereocenters. The number of amides is 1. The van der Waals surface area contributed by atoms with Gasteiger partial charge in [-0.1, -0.05) is 6.92 Å². The van der Waals surface area contributed by atoms with Gasteiger partial charge < -0.3 is 5.32 Å². The predicted octanol–water partition coefficient (Wildman–Crippen LogP) is 3.11. The Bertz CT molecular complexity index is 387. The van der Waals surface area contributed by atoms with Crippen LogP contribution in [0.5, 0.6) is 0 Å². The molecule has 92 valence electrons. The van der Waals surface area contributed by atoms with Crippen molar-refractivity contribution in [2.45, 2.75) is 31.6 Å². The third kappa shape index (κ3) is 5.54. The van der Waals surface area contributed by atoms with Crippen molar-refractivity contribution in [2.75, 3.05) is 11.1 Å². The second kappa shape index (κ2) is 7.12. The largest absolute Gasteiger partial charge is 0.326 e. The molecule has 0 heterocycles. The Labute approximate surface area is 106 Å². The maximum Gasteiger partial charge on any atom is 0.221 e. The number of ketones is 1. The molecule has 0 saturated carbocycles. The fourth-order valence-corrected chi connectivity index (χ4v) is 2.15. The number of thioether (sulfide) groups is 1. The summed E-state index contributed by atoms with van der Waals surface area (Å²) in [6, 6.07) is 7.51. The molecule has 4 heteroatoms. The van der Waals surface area contributed by atoms with Gasteiger partial charge in [-0.15, -0.1) is 11.8 Å². The van der Waals surface area contributed by atoms with Gasteiger partial charge in [0, 0.05) is 23.9 Å². The summed E-state index contributed by atoms with van der Waals surface area (Å²) >= 11 is 1.53. The average molecular weight is 251 g/mol. The fourth-order valence-electron chi connectivity index (χ4n) is 1.35. The van der Waals surface area contributed by atoms with Gasteiger partial charge in [0.1, 0.15) is 5.78 Å². The molecule has 0 bridgehead atoms. The van der Waals surface area contributed by atoms with Crippen LogP contribution in [-0.2, 0) is 9.59 Å². The van der Waals surface area contributed by atoms with Crippen LogP contribution >= 0.6 is 11.8 Å². The lowest BCUT2D eigenvalue weighted by Crippen LogP contribution is -2.05. The normalized spacial score (nSPS) is 10.0. The van der Waals surface area contributed by atoms with Crippen LogP contribution in [0.1, 0.15) is 26.7 Å². The van der Waals surface area contributed by atoms with E-state index in [1.54, 1.807) is 0 Å². The quantitative estimate of drug-likeness (QED) is 0.790. The summed E-state index contributed by atoms with van der Waals surface area (Å²) in [4.78, 5) is 23.2. The van der Waals surface area contributed by atoms with Gasteiger partial charge in [-0.05, 0) is 30.7 Å². The van der Waals surface area contributed by atoms with Crippen LogP contribution in [0.2, 0.25) is 0 Å². The SMILES string of the molecule is CCCC(=O)CSc1ccc(NC(C)=O)cc1. The first-order chi connectivity index (χ1) is 8.11. The summed E-state index contributed by atoms with van der Waals surface area (Å²) in [5, 5.41) is 2.70. The zero-order chi connectivity index (χ0) is 12.7. The average Bonchev–Trinajstić information content (AvgIpc) is 2.28. The van der Waals surface area contributed by atoms with Gasteiger partial charge in [0.2, 0.25) is 5.91 Å². The number of Topliss-reactive ketones (excluding diaryl/α,β-unsaturated/α-hetero) is 1. The van der Waals surface area contributed by atoms with Crippen molar-refractivity contribution < 1.29 is 9.59 Å². The first-order valence-electron chi connectivity index (χ1n) is 5.64. The van der Waals surface area contributed by atoms with Crippen molar-refractivity contribution in [2.24, 2.45) is 0 Å². The number of carbonyl (C=O) groups is 2. The van der Waals surface area contributed by atoms with Gasteiger partial charge in [-0.25, -0.2) is 0 Å². The Morgan fingerprint density at radius 2 is 1.88 bits per heavy atom. The van der Waals surface area contributed by atoms with E-state index >= 15 is 0 Å². The lowest BCUT2D eigenvalue weighted by atomic mass is 10.3. The molecule has 0 spiro atoms. The highest BCUT2D eigenvalue weighted by Crippen LogP contribution is 2.20. The molecular weight excluding hydrogens is 234 g/mol. The van der Waals surface area contributed by atoms with Gasteiger partial charge in [0.05, 0.1) is 5.75 Å². The maximum absolute atomic E-state index is 11.4. The molecule has 17 heavy (non-hydrogen) atoms. The van der Waals surface area contributed by atoms with Crippen molar-refractivity contribution >= 4 is 29.1 Å². The van der Waals surface area contributed by atoms with Gasteiger partial charge in [0.15, 0.2) is 0 Å². The first kappa shape index (κ1) is 13.8. The van der Waals surface area contributed by atoms with Crippen LogP contribution in [-0.4, -0.2) is 17.4 Å². The van der Waals surface area contributed by atoms with Crippen LogP contribution in [0, 0.1) is 0 Å². The van der Waals surface area contributed by atoms with E-state index < -0.39 is 0 Å². The fraction of sp³-hybridized carbons (Fsp3) is 0.385. The van der Waals surface area contributed by atoms with Crippen molar-refractivity contribution in [3.05, 3.63) is 24.3 Å². The van der Waals surface area contributed by atoms with Crippen molar-refractivity contribution in [1.82, 2.24) is 0 Å². The van der Waals surface area contributed by atoms with Crippen LogP contribution in [0.15, 0.2) is 29.2 Å². The molecule has 0 fully saturated rings. The number of benzene rings is 1.